The maximum absolute atomic E-state index is 13.7. The Morgan fingerprint density at radius 1 is 1.14 bits per heavy atom. The summed E-state index contributed by atoms with van der Waals surface area (Å²) < 4.78 is 32.8. The first-order valence-corrected chi connectivity index (χ1v) is 13.2. The smallest absolute Gasteiger partial charge is 0.293 e. The molecule has 1 saturated heterocycles. The molecule has 186 valence electrons. The molecule has 2 aromatic carbocycles. The molecule has 1 amide bonds. The third-order valence-corrected chi connectivity index (χ3v) is 8.38. The van der Waals surface area contributed by atoms with E-state index in [9.17, 15) is 23.3 Å². The van der Waals surface area contributed by atoms with E-state index in [1.165, 1.54) is 24.3 Å². The molecule has 3 N–H and O–H groups in total. The van der Waals surface area contributed by atoms with Gasteiger partial charge in [0.05, 0.1) is 14.7 Å². The molecule has 0 radical (unpaired) electrons. The van der Waals surface area contributed by atoms with Gasteiger partial charge in [-0.1, -0.05) is 12.1 Å². The number of benzene rings is 2. The summed E-state index contributed by atoms with van der Waals surface area (Å²) in [5.41, 5.74) is 6.81. The third-order valence-electron chi connectivity index (χ3n) is 6.59. The molecule has 2 aliphatic rings. The monoisotopic (exact) mass is 499 g/mol. The maximum Gasteiger partial charge on any atom is 0.293 e. The lowest BCUT2D eigenvalue weighted by Crippen LogP contribution is -2.23. The molecule has 0 unspecified atom stereocenters. The molecule has 0 spiro atoms. The number of rotatable bonds is 8. The summed E-state index contributed by atoms with van der Waals surface area (Å²) in [5.74, 6) is -0.418. The van der Waals surface area contributed by atoms with Crippen molar-refractivity contribution in [2.24, 2.45) is 11.7 Å². The highest BCUT2D eigenvalue weighted by molar-refractivity contribution is 7.91. The molecule has 35 heavy (non-hydrogen) atoms. The second-order valence-corrected chi connectivity index (χ2v) is 10.8. The molecular weight excluding hydrogens is 470 g/mol. The van der Waals surface area contributed by atoms with E-state index in [1.54, 1.807) is 6.07 Å². The molecular formula is C25H29N3O6S. The summed E-state index contributed by atoms with van der Waals surface area (Å²) in [6.45, 7) is 1.86. The zero-order chi connectivity index (χ0) is 25.0. The van der Waals surface area contributed by atoms with Gasteiger partial charge in [-0.05, 0) is 79.8 Å². The van der Waals surface area contributed by atoms with Gasteiger partial charge in [-0.25, -0.2) is 8.42 Å². The summed E-state index contributed by atoms with van der Waals surface area (Å²) in [5, 5.41) is 14.9. The highest BCUT2D eigenvalue weighted by Gasteiger charge is 2.28. The maximum atomic E-state index is 13.7. The van der Waals surface area contributed by atoms with Crippen LogP contribution in [0.5, 0.6) is 0 Å². The van der Waals surface area contributed by atoms with E-state index in [0.29, 0.717) is 37.7 Å². The van der Waals surface area contributed by atoms with Crippen molar-refractivity contribution in [3.63, 3.8) is 0 Å². The first kappa shape index (κ1) is 24.9. The van der Waals surface area contributed by atoms with Crippen LogP contribution in [-0.2, 0) is 14.6 Å². The zero-order valence-electron chi connectivity index (χ0n) is 19.4. The van der Waals surface area contributed by atoms with Gasteiger partial charge in [0.25, 0.3) is 5.69 Å². The Kier molecular flexibility index (Phi) is 7.51. The van der Waals surface area contributed by atoms with Gasteiger partial charge in [-0.3, -0.25) is 14.9 Å². The Morgan fingerprint density at radius 2 is 1.91 bits per heavy atom. The zero-order valence-corrected chi connectivity index (χ0v) is 20.2. The van der Waals surface area contributed by atoms with Crippen molar-refractivity contribution in [2.75, 3.05) is 25.1 Å². The van der Waals surface area contributed by atoms with Crippen LogP contribution in [-0.4, -0.2) is 39.0 Å². The minimum Gasteiger partial charge on any atom is -0.381 e. The number of nitrogens with zero attached hydrogens (tertiary/aromatic N) is 1. The van der Waals surface area contributed by atoms with Crippen LogP contribution in [0.15, 0.2) is 52.3 Å². The van der Waals surface area contributed by atoms with Crippen molar-refractivity contribution < 1.29 is 22.9 Å². The number of allylic oxidation sites excluding steroid dienone is 2. The normalized spacial score (nSPS) is 17.0. The molecule has 1 aliphatic heterocycles. The topological polar surface area (TPSA) is 142 Å². The number of hydrogen-bond acceptors (Lipinski definition) is 7. The van der Waals surface area contributed by atoms with Crippen LogP contribution in [0.25, 0.3) is 5.57 Å². The Balaban J connectivity index is 1.72. The summed E-state index contributed by atoms with van der Waals surface area (Å²) in [6, 6.07) is 8.26. The summed E-state index contributed by atoms with van der Waals surface area (Å²) in [6.07, 6.45) is 7.25. The van der Waals surface area contributed by atoms with E-state index in [0.717, 1.165) is 43.7 Å². The largest absolute Gasteiger partial charge is 0.381 e. The third kappa shape index (κ3) is 5.54. The highest BCUT2D eigenvalue weighted by Crippen LogP contribution is 2.36. The van der Waals surface area contributed by atoms with Gasteiger partial charge in [0.2, 0.25) is 15.7 Å². The number of nitrogens with one attached hydrogen (secondary N) is 1. The lowest BCUT2D eigenvalue weighted by molar-refractivity contribution is -0.384. The molecule has 0 bridgehead atoms. The molecule has 1 fully saturated rings. The summed E-state index contributed by atoms with van der Waals surface area (Å²) in [4.78, 5) is 22.8. The fourth-order valence-electron chi connectivity index (χ4n) is 4.56. The number of primary amides is 1. The van der Waals surface area contributed by atoms with Crippen molar-refractivity contribution in [3.8, 4) is 0 Å². The Hall–Kier alpha value is -3.24. The van der Waals surface area contributed by atoms with Gasteiger partial charge in [0.15, 0.2) is 0 Å². The molecule has 9 nitrogen and oxygen atoms in total. The van der Waals surface area contributed by atoms with E-state index in [4.69, 9.17) is 10.5 Å². The predicted octanol–water partition coefficient (Wildman–Crippen LogP) is 4.32. The first-order valence-electron chi connectivity index (χ1n) is 11.8. The first-order chi connectivity index (χ1) is 16.8. The minimum atomic E-state index is -4.18. The molecule has 10 heteroatoms. The standard InChI is InChI=1S/C25H29N3O6S/c26-25(29)19-6-8-21(18-4-2-1-3-5-18)24(14-19)35(32,33)20-7-9-22(23(15-20)28(30)31)27-16-17-10-12-34-13-11-17/h4,6-9,14-15,17,27H,1-3,5,10-13,16H2,(H2,26,29). The van der Waals surface area contributed by atoms with Gasteiger partial charge < -0.3 is 15.8 Å². The number of amides is 1. The lowest BCUT2D eigenvalue weighted by Gasteiger charge is -2.22. The summed E-state index contributed by atoms with van der Waals surface area (Å²) >= 11 is 0. The van der Waals surface area contributed by atoms with Gasteiger partial charge in [0.1, 0.15) is 5.69 Å². The second-order valence-electron chi connectivity index (χ2n) is 8.93. The number of nitro benzene ring substituents is 1. The number of ether oxygens (including phenoxy) is 1. The predicted molar refractivity (Wildman–Crippen MR) is 132 cm³/mol. The SMILES string of the molecule is NC(=O)c1ccc(C2=CCCCC2)c(S(=O)(=O)c2ccc(NCC3CCOCC3)c([N+](=O)[O-])c2)c1. The van der Waals surface area contributed by atoms with Crippen LogP contribution in [0, 0.1) is 16.0 Å². The van der Waals surface area contributed by atoms with Crippen molar-refractivity contribution in [1.82, 2.24) is 0 Å². The van der Waals surface area contributed by atoms with E-state index in [1.807, 2.05) is 6.08 Å². The van der Waals surface area contributed by atoms with E-state index in [-0.39, 0.29) is 26.7 Å². The second kappa shape index (κ2) is 10.6. The minimum absolute atomic E-state index is 0.0629. The Labute approximate surface area is 204 Å². The van der Waals surface area contributed by atoms with Crippen molar-refractivity contribution in [2.45, 2.75) is 48.3 Å². The molecule has 1 aliphatic carbocycles. The van der Waals surface area contributed by atoms with Crippen LogP contribution >= 0.6 is 0 Å². The summed E-state index contributed by atoms with van der Waals surface area (Å²) in [7, 11) is -4.18. The average Bonchev–Trinajstić information content (AvgIpc) is 2.88. The number of carbonyl (C=O) groups is 1. The molecule has 1 heterocycles. The van der Waals surface area contributed by atoms with Crippen LogP contribution in [0.1, 0.15) is 54.4 Å². The van der Waals surface area contributed by atoms with Gasteiger partial charge in [-0.15, -0.1) is 0 Å². The van der Waals surface area contributed by atoms with E-state index < -0.39 is 20.7 Å². The Morgan fingerprint density at radius 3 is 2.57 bits per heavy atom. The number of anilines is 1. The van der Waals surface area contributed by atoms with Crippen LogP contribution in [0.2, 0.25) is 0 Å². The number of nitrogens with two attached hydrogens (primary N) is 1. The van der Waals surface area contributed by atoms with Gasteiger partial charge in [-0.2, -0.15) is 0 Å². The van der Waals surface area contributed by atoms with E-state index in [2.05, 4.69) is 5.32 Å². The van der Waals surface area contributed by atoms with Crippen molar-refractivity contribution >= 4 is 32.7 Å². The highest BCUT2D eigenvalue weighted by atomic mass is 32.2. The fourth-order valence-corrected chi connectivity index (χ4v) is 6.10. The number of nitro groups is 1. The molecule has 2 aromatic rings. The lowest BCUT2D eigenvalue weighted by atomic mass is 9.93. The Bertz CT molecular complexity index is 1270. The quantitative estimate of drug-likeness (QED) is 0.407. The molecule has 0 atom stereocenters. The van der Waals surface area contributed by atoms with Gasteiger partial charge >= 0.3 is 0 Å². The number of hydrogen-bond donors (Lipinski definition) is 2. The van der Waals surface area contributed by atoms with Crippen molar-refractivity contribution in [1.29, 1.82) is 0 Å². The molecule has 0 saturated carbocycles. The molecule has 4 rings (SSSR count). The van der Waals surface area contributed by atoms with Gasteiger partial charge in [0, 0.05) is 31.4 Å². The van der Waals surface area contributed by atoms with Crippen LogP contribution in [0.3, 0.4) is 0 Å². The number of carbonyl (C=O) groups excluding carboxylic acids is 1. The fraction of sp³-hybridized carbons (Fsp3) is 0.400. The molecule has 0 aromatic heterocycles. The van der Waals surface area contributed by atoms with Crippen molar-refractivity contribution in [3.05, 3.63) is 63.7 Å². The average molecular weight is 500 g/mol. The van der Waals surface area contributed by atoms with E-state index >= 15 is 0 Å². The van der Waals surface area contributed by atoms with Crippen LogP contribution < -0.4 is 11.1 Å². The van der Waals surface area contributed by atoms with Crippen LogP contribution in [0.4, 0.5) is 11.4 Å². The number of sulfone groups is 1.